The van der Waals surface area contributed by atoms with Crippen LogP contribution in [-0.2, 0) is 9.53 Å². The number of esters is 1. The number of para-hydroxylation sites is 1. The van der Waals surface area contributed by atoms with Crippen LogP contribution >= 0.6 is 12.2 Å². The minimum atomic E-state index is -0.997. The molecule has 0 unspecified atom stereocenters. The van der Waals surface area contributed by atoms with Crippen molar-refractivity contribution in [3.05, 3.63) is 59.7 Å². The number of rotatable bonds is 3. The van der Waals surface area contributed by atoms with Crippen molar-refractivity contribution in [2.45, 2.75) is 32.5 Å². The Hall–Kier alpha value is -2.60. The first-order valence-electron chi connectivity index (χ1n) is 9.07. The number of anilines is 1. The van der Waals surface area contributed by atoms with Crippen LogP contribution < -0.4 is 15.0 Å². The van der Waals surface area contributed by atoms with Gasteiger partial charge in [-0.15, -0.1) is 0 Å². The van der Waals surface area contributed by atoms with E-state index in [1.54, 1.807) is 0 Å². The van der Waals surface area contributed by atoms with E-state index >= 15 is 0 Å². The SMILES string of the molecule is CCOC(=O)[C@H]1[C@@H]2NC(=S)N(c3ccc(C)cc3)[C@@]1(C)Oc1ccccc12. The predicted molar refractivity (Wildman–Crippen MR) is 108 cm³/mol. The Balaban J connectivity index is 1.88. The Kier molecular flexibility index (Phi) is 4.30. The molecule has 2 heterocycles. The molecule has 2 aromatic carbocycles. The lowest BCUT2D eigenvalue weighted by atomic mass is 9.79. The van der Waals surface area contributed by atoms with Crippen LogP contribution in [0.5, 0.6) is 5.75 Å². The standard InChI is InChI=1S/C21H22N2O3S/c1-4-25-19(24)17-18-15-7-5-6-8-16(15)26-21(17,3)23(20(27)22-18)14-11-9-13(2)10-12-14/h5-12,17-18H,4H2,1-3H3,(H,22,27)/t17-,18-,21+/m1/s1. The largest absolute Gasteiger partial charge is 0.466 e. The summed E-state index contributed by atoms with van der Waals surface area (Å²) in [6, 6.07) is 15.5. The molecule has 4 rings (SSSR count). The molecule has 0 saturated carbocycles. The Morgan fingerprint density at radius 3 is 2.67 bits per heavy atom. The van der Waals surface area contributed by atoms with Gasteiger partial charge in [0, 0.05) is 11.3 Å². The van der Waals surface area contributed by atoms with Crippen LogP contribution in [-0.4, -0.2) is 23.4 Å². The van der Waals surface area contributed by atoms with Crippen molar-refractivity contribution >= 4 is 29.0 Å². The summed E-state index contributed by atoms with van der Waals surface area (Å²) in [5.41, 5.74) is 1.93. The molecule has 0 spiro atoms. The lowest BCUT2D eigenvalue weighted by Gasteiger charge is -2.55. The van der Waals surface area contributed by atoms with Crippen molar-refractivity contribution < 1.29 is 14.3 Å². The molecule has 5 nitrogen and oxygen atoms in total. The van der Waals surface area contributed by atoms with Gasteiger partial charge in [-0.25, -0.2) is 0 Å². The van der Waals surface area contributed by atoms with Crippen molar-refractivity contribution in [1.29, 1.82) is 0 Å². The van der Waals surface area contributed by atoms with Crippen molar-refractivity contribution in [2.75, 3.05) is 11.5 Å². The van der Waals surface area contributed by atoms with Crippen LogP contribution in [0.4, 0.5) is 5.69 Å². The van der Waals surface area contributed by atoms with E-state index in [9.17, 15) is 4.79 Å². The summed E-state index contributed by atoms with van der Waals surface area (Å²) in [4.78, 5) is 14.8. The number of benzene rings is 2. The molecule has 6 heteroatoms. The van der Waals surface area contributed by atoms with Gasteiger partial charge in [-0.2, -0.15) is 0 Å². The third-order valence-corrected chi connectivity index (χ3v) is 5.54. The van der Waals surface area contributed by atoms with Gasteiger partial charge in [-0.3, -0.25) is 9.69 Å². The molecule has 2 bridgehead atoms. The molecular formula is C21H22N2O3S. The third kappa shape index (κ3) is 2.75. The first-order chi connectivity index (χ1) is 13.0. The summed E-state index contributed by atoms with van der Waals surface area (Å²) in [5.74, 6) is -0.121. The van der Waals surface area contributed by atoms with Crippen LogP contribution in [0.3, 0.4) is 0 Å². The second-order valence-corrected chi connectivity index (χ2v) is 7.41. The maximum atomic E-state index is 13.0. The Morgan fingerprint density at radius 1 is 1.26 bits per heavy atom. The van der Waals surface area contributed by atoms with Crippen molar-refractivity contribution in [3.63, 3.8) is 0 Å². The molecule has 2 aromatic rings. The van der Waals surface area contributed by atoms with Crippen molar-refractivity contribution in [3.8, 4) is 5.75 Å². The number of nitrogens with zero attached hydrogens (tertiary/aromatic N) is 1. The number of carbonyl (C=O) groups excluding carboxylic acids is 1. The molecule has 3 atom stereocenters. The Morgan fingerprint density at radius 2 is 1.96 bits per heavy atom. The smallest absolute Gasteiger partial charge is 0.317 e. The van der Waals surface area contributed by atoms with Crippen LogP contribution in [0.15, 0.2) is 48.5 Å². The van der Waals surface area contributed by atoms with Gasteiger partial charge in [-0.1, -0.05) is 35.9 Å². The first kappa shape index (κ1) is 17.8. The highest BCUT2D eigenvalue weighted by atomic mass is 32.1. The Labute approximate surface area is 164 Å². The highest BCUT2D eigenvalue weighted by Crippen LogP contribution is 2.49. The molecular weight excluding hydrogens is 360 g/mol. The van der Waals surface area contributed by atoms with Crippen LogP contribution in [0.2, 0.25) is 0 Å². The van der Waals surface area contributed by atoms with Gasteiger partial charge in [0.25, 0.3) is 0 Å². The minimum absolute atomic E-state index is 0.298. The first-order valence-corrected chi connectivity index (χ1v) is 9.48. The van der Waals surface area contributed by atoms with E-state index < -0.39 is 11.6 Å². The molecule has 2 aliphatic heterocycles. The quantitative estimate of drug-likeness (QED) is 0.645. The van der Waals surface area contributed by atoms with E-state index in [0.29, 0.717) is 11.7 Å². The highest BCUT2D eigenvalue weighted by Gasteiger charge is 2.59. The number of carbonyl (C=O) groups is 1. The summed E-state index contributed by atoms with van der Waals surface area (Å²) in [5, 5.41) is 3.89. The topological polar surface area (TPSA) is 50.8 Å². The predicted octanol–water partition coefficient (Wildman–Crippen LogP) is 3.72. The number of aryl methyl sites for hydroxylation is 1. The summed E-state index contributed by atoms with van der Waals surface area (Å²) >= 11 is 5.68. The average molecular weight is 382 g/mol. The van der Waals surface area contributed by atoms with E-state index in [1.807, 2.05) is 74.2 Å². The fourth-order valence-corrected chi connectivity index (χ4v) is 4.42. The number of nitrogens with one attached hydrogen (secondary N) is 1. The van der Waals surface area contributed by atoms with Crippen LogP contribution in [0.1, 0.15) is 31.0 Å². The number of hydrogen-bond donors (Lipinski definition) is 1. The van der Waals surface area contributed by atoms with Gasteiger partial charge >= 0.3 is 5.97 Å². The summed E-state index contributed by atoms with van der Waals surface area (Å²) in [6.07, 6.45) is 0. The maximum Gasteiger partial charge on any atom is 0.317 e. The van der Waals surface area contributed by atoms with E-state index in [0.717, 1.165) is 22.6 Å². The average Bonchev–Trinajstić information content (AvgIpc) is 2.62. The molecule has 1 fully saturated rings. The fourth-order valence-electron chi connectivity index (χ4n) is 4.00. The summed E-state index contributed by atoms with van der Waals surface area (Å²) < 4.78 is 11.8. The van der Waals surface area contributed by atoms with Crippen LogP contribution in [0, 0.1) is 12.8 Å². The number of thiocarbonyl (C=S) groups is 1. The number of hydrogen-bond acceptors (Lipinski definition) is 4. The van der Waals surface area contributed by atoms with Crippen LogP contribution in [0.25, 0.3) is 0 Å². The summed E-state index contributed by atoms with van der Waals surface area (Å²) in [7, 11) is 0. The molecule has 0 radical (unpaired) electrons. The molecule has 140 valence electrons. The van der Waals surface area contributed by atoms with E-state index in [-0.39, 0.29) is 12.0 Å². The zero-order chi connectivity index (χ0) is 19.2. The normalized spacial score (nSPS) is 25.9. The number of fused-ring (bicyclic) bond motifs is 4. The number of ether oxygens (including phenoxy) is 2. The monoisotopic (exact) mass is 382 g/mol. The van der Waals surface area contributed by atoms with E-state index in [1.165, 1.54) is 0 Å². The molecule has 0 aromatic heterocycles. The van der Waals surface area contributed by atoms with Crippen molar-refractivity contribution in [1.82, 2.24) is 5.32 Å². The second-order valence-electron chi connectivity index (χ2n) is 7.02. The zero-order valence-electron chi connectivity index (χ0n) is 15.6. The molecule has 0 aliphatic carbocycles. The van der Waals surface area contributed by atoms with Crippen molar-refractivity contribution in [2.24, 2.45) is 5.92 Å². The van der Waals surface area contributed by atoms with Gasteiger partial charge in [0.05, 0.1) is 12.6 Å². The third-order valence-electron chi connectivity index (χ3n) is 5.24. The molecule has 2 aliphatic rings. The molecule has 0 amide bonds. The second kappa shape index (κ2) is 6.53. The molecule has 1 N–H and O–H groups in total. The molecule has 1 saturated heterocycles. The van der Waals surface area contributed by atoms with E-state index in [4.69, 9.17) is 21.7 Å². The summed E-state index contributed by atoms with van der Waals surface area (Å²) in [6.45, 7) is 6.06. The lowest BCUT2D eigenvalue weighted by Crippen LogP contribution is -2.71. The van der Waals surface area contributed by atoms with E-state index in [2.05, 4.69) is 5.32 Å². The van der Waals surface area contributed by atoms with Gasteiger partial charge in [0.15, 0.2) is 5.11 Å². The van der Waals surface area contributed by atoms with Gasteiger partial charge in [0.1, 0.15) is 11.7 Å². The Bertz CT molecular complexity index is 899. The fraction of sp³-hybridized carbons (Fsp3) is 0.333. The van der Waals surface area contributed by atoms with Gasteiger partial charge in [-0.05, 0) is 51.2 Å². The van der Waals surface area contributed by atoms with Gasteiger partial charge in [0.2, 0.25) is 5.72 Å². The highest BCUT2D eigenvalue weighted by molar-refractivity contribution is 7.80. The molecule has 27 heavy (non-hydrogen) atoms. The minimum Gasteiger partial charge on any atom is -0.466 e. The zero-order valence-corrected chi connectivity index (χ0v) is 16.4. The maximum absolute atomic E-state index is 13.0. The van der Waals surface area contributed by atoms with Gasteiger partial charge < -0.3 is 14.8 Å². The lowest BCUT2D eigenvalue weighted by molar-refractivity contribution is -0.159.